The lowest BCUT2D eigenvalue weighted by Gasteiger charge is -2.11. The molecule has 0 saturated carbocycles. The number of rotatable bonds is 10. The minimum absolute atomic E-state index is 0.114. The minimum atomic E-state index is -2.41. The van der Waals surface area contributed by atoms with Crippen LogP contribution in [-0.4, -0.2) is 35.1 Å². The van der Waals surface area contributed by atoms with E-state index in [0.717, 1.165) is 12.0 Å². The largest absolute Gasteiger partial charge is 0.481 e. The Hall–Kier alpha value is -1.94. The van der Waals surface area contributed by atoms with Crippen molar-refractivity contribution < 1.29 is 24.1 Å². The molecule has 0 saturated heterocycles. The van der Waals surface area contributed by atoms with E-state index in [4.69, 9.17) is 9.63 Å². The van der Waals surface area contributed by atoms with E-state index >= 15 is 0 Å². The molecule has 25 heavy (non-hydrogen) atoms. The summed E-state index contributed by atoms with van der Waals surface area (Å²) < 4.78 is 17.0. The van der Waals surface area contributed by atoms with E-state index in [1.54, 1.807) is 0 Å². The smallest absolute Gasteiger partial charge is 0.305 e. The Kier molecular flexibility index (Phi) is 7.86. The lowest BCUT2D eigenvalue weighted by molar-refractivity contribution is -0.138. The Morgan fingerprint density at radius 2 is 1.76 bits per heavy atom. The number of carboxylic acid groups (broad SMARTS) is 1. The lowest BCUT2D eigenvalue weighted by atomic mass is 9.97. The average molecular weight is 362 g/mol. The fraction of sp³-hybridized carbons (Fsp3) is 0.316. The molecule has 2 atom stereocenters. The first kappa shape index (κ1) is 19.4. The number of carbonyl (C=O) groups is 1. The molecule has 2 aromatic rings. The summed E-state index contributed by atoms with van der Waals surface area (Å²) in [6, 6.07) is 18.3. The third kappa shape index (κ3) is 6.83. The van der Waals surface area contributed by atoms with Crippen LogP contribution in [0.2, 0.25) is 0 Å². The Morgan fingerprint density at radius 1 is 1.08 bits per heavy atom. The number of aliphatic hydroxyl groups excluding tert-OH is 1. The molecule has 0 radical (unpaired) electrons. The van der Waals surface area contributed by atoms with Crippen LogP contribution in [0.4, 0.5) is 0 Å². The van der Waals surface area contributed by atoms with E-state index in [0.29, 0.717) is 13.0 Å². The van der Waals surface area contributed by atoms with Crippen molar-refractivity contribution in [3.05, 3.63) is 60.2 Å². The molecule has 0 aliphatic heterocycles. The third-order valence-corrected chi connectivity index (χ3v) is 5.10. The Morgan fingerprint density at radius 3 is 2.48 bits per heavy atom. The van der Waals surface area contributed by atoms with Gasteiger partial charge in [-0.3, -0.25) is 9.36 Å². The first-order chi connectivity index (χ1) is 12.1. The van der Waals surface area contributed by atoms with Crippen molar-refractivity contribution in [2.75, 3.05) is 12.8 Å². The van der Waals surface area contributed by atoms with Crippen molar-refractivity contribution in [3.63, 3.8) is 0 Å². The van der Waals surface area contributed by atoms with Crippen LogP contribution in [0.15, 0.2) is 54.6 Å². The molecule has 0 amide bonds. The molecule has 0 spiro atoms. The number of aryl methyl sites for hydroxylation is 1. The quantitative estimate of drug-likeness (QED) is 0.498. The van der Waals surface area contributed by atoms with E-state index in [9.17, 15) is 14.5 Å². The molecule has 2 aromatic carbocycles. The van der Waals surface area contributed by atoms with Gasteiger partial charge in [0.2, 0.25) is 0 Å². The van der Waals surface area contributed by atoms with Gasteiger partial charge < -0.3 is 14.7 Å². The SMILES string of the molecule is O=C(O)CC(O)C[PH](=O)OCCCc1ccccc1-c1ccccc1. The molecule has 2 rings (SSSR count). The summed E-state index contributed by atoms with van der Waals surface area (Å²) in [6.45, 7) is 0.320. The summed E-state index contributed by atoms with van der Waals surface area (Å²) in [6.07, 6.45) is -0.155. The van der Waals surface area contributed by atoms with Crippen LogP contribution in [0.25, 0.3) is 11.1 Å². The molecule has 0 fully saturated rings. The highest BCUT2D eigenvalue weighted by Crippen LogP contribution is 2.26. The maximum absolute atomic E-state index is 11.7. The summed E-state index contributed by atoms with van der Waals surface area (Å²) in [4.78, 5) is 10.5. The molecule has 0 aliphatic carbocycles. The van der Waals surface area contributed by atoms with E-state index < -0.39 is 26.5 Å². The van der Waals surface area contributed by atoms with Crippen molar-refractivity contribution >= 4 is 14.0 Å². The normalized spacial score (nSPS) is 13.3. The maximum Gasteiger partial charge on any atom is 0.305 e. The highest BCUT2D eigenvalue weighted by atomic mass is 31.1. The highest BCUT2D eigenvalue weighted by Gasteiger charge is 2.13. The van der Waals surface area contributed by atoms with Gasteiger partial charge in [-0.05, 0) is 29.5 Å². The third-order valence-electron chi connectivity index (χ3n) is 3.77. The standard InChI is InChI=1S/C19H23O5P/c20-17(13-19(21)22)14-25(23)24-12-6-10-16-9-4-5-11-18(16)15-7-2-1-3-8-15/h1-5,7-9,11,17,20,25H,6,10,12-14H2,(H,21,22). The van der Waals surface area contributed by atoms with Gasteiger partial charge in [-0.15, -0.1) is 0 Å². The second-order valence-electron chi connectivity index (χ2n) is 5.80. The van der Waals surface area contributed by atoms with Crippen molar-refractivity contribution in [2.45, 2.75) is 25.4 Å². The minimum Gasteiger partial charge on any atom is -0.481 e. The monoisotopic (exact) mass is 362 g/mol. The average Bonchev–Trinajstić information content (AvgIpc) is 2.59. The molecular weight excluding hydrogens is 339 g/mol. The van der Waals surface area contributed by atoms with Gasteiger partial charge in [-0.25, -0.2) is 0 Å². The fourth-order valence-electron chi connectivity index (χ4n) is 2.61. The van der Waals surface area contributed by atoms with Crippen LogP contribution in [0.3, 0.4) is 0 Å². The van der Waals surface area contributed by atoms with Crippen LogP contribution in [0, 0.1) is 0 Å². The number of aliphatic hydroxyl groups is 1. The van der Waals surface area contributed by atoms with Gasteiger partial charge in [0.1, 0.15) is 0 Å². The fourth-order valence-corrected chi connectivity index (χ4v) is 3.63. The van der Waals surface area contributed by atoms with Gasteiger partial charge in [0.05, 0.1) is 19.1 Å². The summed E-state index contributed by atoms with van der Waals surface area (Å²) in [5, 5.41) is 18.0. The Labute approximate surface area is 148 Å². The van der Waals surface area contributed by atoms with Crippen molar-refractivity contribution in [1.82, 2.24) is 0 Å². The van der Waals surface area contributed by atoms with Crippen molar-refractivity contribution in [2.24, 2.45) is 0 Å². The number of benzene rings is 2. The first-order valence-corrected chi connectivity index (χ1v) is 9.77. The van der Waals surface area contributed by atoms with Crippen molar-refractivity contribution in [3.8, 4) is 11.1 Å². The zero-order valence-corrected chi connectivity index (χ0v) is 14.9. The van der Waals surface area contributed by atoms with E-state index in [1.165, 1.54) is 11.1 Å². The van der Waals surface area contributed by atoms with E-state index in [2.05, 4.69) is 24.3 Å². The number of hydrogen-bond acceptors (Lipinski definition) is 4. The molecule has 6 heteroatoms. The topological polar surface area (TPSA) is 83.8 Å². The zero-order valence-electron chi connectivity index (χ0n) is 13.9. The predicted molar refractivity (Wildman–Crippen MR) is 98.3 cm³/mol. The van der Waals surface area contributed by atoms with Gasteiger partial charge in [0.15, 0.2) is 8.03 Å². The second-order valence-corrected chi connectivity index (χ2v) is 7.24. The number of hydrogen-bond donors (Lipinski definition) is 2. The molecule has 2 unspecified atom stereocenters. The number of carboxylic acids is 1. The second kappa shape index (κ2) is 10.1. The van der Waals surface area contributed by atoms with Crippen LogP contribution < -0.4 is 0 Å². The number of aliphatic carboxylic acids is 1. The van der Waals surface area contributed by atoms with E-state index in [1.807, 2.05) is 30.3 Å². The summed E-state index contributed by atoms with van der Waals surface area (Å²) >= 11 is 0. The molecule has 2 N–H and O–H groups in total. The molecule has 0 bridgehead atoms. The van der Waals surface area contributed by atoms with Crippen LogP contribution in [0.1, 0.15) is 18.4 Å². The molecule has 5 nitrogen and oxygen atoms in total. The predicted octanol–water partition coefficient (Wildman–Crippen LogP) is 3.61. The zero-order chi connectivity index (χ0) is 18.1. The summed E-state index contributed by atoms with van der Waals surface area (Å²) in [7, 11) is -2.41. The highest BCUT2D eigenvalue weighted by molar-refractivity contribution is 7.39. The van der Waals surface area contributed by atoms with Gasteiger partial charge in [-0.1, -0.05) is 54.6 Å². The van der Waals surface area contributed by atoms with Crippen LogP contribution in [-0.2, 0) is 20.3 Å². The summed E-state index contributed by atoms with van der Waals surface area (Å²) in [5.74, 6) is -1.11. The molecule has 0 heterocycles. The van der Waals surface area contributed by atoms with Gasteiger partial charge in [-0.2, -0.15) is 0 Å². The molecule has 134 valence electrons. The maximum atomic E-state index is 11.7. The van der Waals surface area contributed by atoms with Gasteiger partial charge >= 0.3 is 5.97 Å². The van der Waals surface area contributed by atoms with Crippen LogP contribution >= 0.6 is 8.03 Å². The van der Waals surface area contributed by atoms with Gasteiger partial charge in [0.25, 0.3) is 0 Å². The molecule has 0 aliphatic rings. The molecule has 0 aromatic heterocycles. The lowest BCUT2D eigenvalue weighted by Crippen LogP contribution is -2.15. The Balaban J connectivity index is 1.81. The molecular formula is C19H23O5P. The van der Waals surface area contributed by atoms with Crippen LogP contribution in [0.5, 0.6) is 0 Å². The van der Waals surface area contributed by atoms with Crippen molar-refractivity contribution in [1.29, 1.82) is 0 Å². The van der Waals surface area contributed by atoms with Gasteiger partial charge in [0, 0.05) is 6.16 Å². The summed E-state index contributed by atoms with van der Waals surface area (Å²) in [5.41, 5.74) is 3.53. The Bertz CT molecular complexity index is 702. The van der Waals surface area contributed by atoms with E-state index in [-0.39, 0.29) is 6.16 Å². The first-order valence-electron chi connectivity index (χ1n) is 8.25.